The molecular formula is C28H24FN3O4S. The van der Waals surface area contributed by atoms with E-state index >= 15 is 0 Å². The Labute approximate surface area is 212 Å². The lowest BCUT2D eigenvalue weighted by Crippen LogP contribution is -2.11. The summed E-state index contributed by atoms with van der Waals surface area (Å²) in [5.74, 6) is 0.417. The smallest absolute Gasteiger partial charge is 0.332 e. The first-order chi connectivity index (χ1) is 17.8. The van der Waals surface area contributed by atoms with Crippen molar-refractivity contribution in [3.8, 4) is 22.9 Å². The molecule has 5 rings (SSSR count). The molecule has 9 heteroatoms. The third-order valence-electron chi connectivity index (χ3n) is 6.54. The summed E-state index contributed by atoms with van der Waals surface area (Å²) in [6.07, 6.45) is 1.69. The fraction of sp³-hybridized carbons (Fsp3) is 0.214. The van der Waals surface area contributed by atoms with E-state index in [2.05, 4.69) is 11.1 Å². The number of nitrogens with one attached hydrogen (secondary N) is 1. The zero-order valence-electron chi connectivity index (χ0n) is 20.3. The summed E-state index contributed by atoms with van der Waals surface area (Å²) in [5, 5.41) is 11.0. The van der Waals surface area contributed by atoms with Crippen LogP contribution in [-0.2, 0) is 16.8 Å². The lowest BCUT2D eigenvalue weighted by molar-refractivity contribution is 0.311. The first-order valence-electron chi connectivity index (χ1n) is 12.0. The third kappa shape index (κ3) is 4.23. The normalized spacial score (nSPS) is 11.8. The van der Waals surface area contributed by atoms with E-state index < -0.39 is 15.1 Å². The van der Waals surface area contributed by atoms with Crippen LogP contribution in [0.3, 0.4) is 0 Å². The second-order valence-corrected chi connectivity index (χ2v) is 10.2. The summed E-state index contributed by atoms with van der Waals surface area (Å²) in [4.78, 5) is 16.7. The topological polar surface area (TPSA) is 105 Å². The third-order valence-corrected chi connectivity index (χ3v) is 7.35. The van der Waals surface area contributed by atoms with Crippen LogP contribution in [0, 0.1) is 11.3 Å². The number of rotatable bonds is 7. The van der Waals surface area contributed by atoms with Gasteiger partial charge in [0, 0.05) is 23.0 Å². The molecule has 0 aliphatic heterocycles. The minimum atomic E-state index is -4.90. The number of fused-ring (bicyclic) bond motifs is 4. The number of hydrogen-bond acceptors (Lipinski definition) is 5. The number of pyridine rings is 1. The van der Waals surface area contributed by atoms with Gasteiger partial charge in [-0.15, -0.1) is 3.89 Å². The van der Waals surface area contributed by atoms with Crippen molar-refractivity contribution in [1.82, 2.24) is 9.55 Å². The molecule has 7 nitrogen and oxygen atoms in total. The van der Waals surface area contributed by atoms with E-state index in [0.717, 1.165) is 18.2 Å². The van der Waals surface area contributed by atoms with Gasteiger partial charge in [-0.3, -0.25) is 4.79 Å². The lowest BCUT2D eigenvalue weighted by Gasteiger charge is -2.17. The maximum Gasteiger partial charge on any atom is 0.332 e. The summed E-state index contributed by atoms with van der Waals surface area (Å²) in [6.45, 7) is 4.92. The summed E-state index contributed by atoms with van der Waals surface area (Å²) in [5.41, 5.74) is 3.24. The van der Waals surface area contributed by atoms with E-state index in [1.54, 1.807) is 36.4 Å². The van der Waals surface area contributed by atoms with Gasteiger partial charge in [0.05, 0.1) is 39.4 Å². The van der Waals surface area contributed by atoms with Gasteiger partial charge in [0.15, 0.2) is 5.43 Å². The number of aromatic amines is 1. The Morgan fingerprint density at radius 2 is 1.89 bits per heavy atom. The Bertz CT molecular complexity index is 1900. The van der Waals surface area contributed by atoms with Crippen LogP contribution >= 0.6 is 0 Å². The lowest BCUT2D eigenvalue weighted by atomic mass is 10.0. The molecule has 0 aliphatic rings. The maximum absolute atomic E-state index is 13.8. The molecule has 0 aliphatic carbocycles. The molecule has 188 valence electrons. The number of benzene rings is 3. The Morgan fingerprint density at radius 1 is 1.08 bits per heavy atom. The molecule has 3 aromatic carbocycles. The Kier molecular flexibility index (Phi) is 6.21. The van der Waals surface area contributed by atoms with Gasteiger partial charge in [-0.2, -0.15) is 13.7 Å². The summed E-state index contributed by atoms with van der Waals surface area (Å²) >= 11 is 0. The van der Waals surface area contributed by atoms with E-state index in [0.29, 0.717) is 63.0 Å². The highest BCUT2D eigenvalue weighted by atomic mass is 32.3. The molecule has 0 radical (unpaired) electrons. The van der Waals surface area contributed by atoms with Gasteiger partial charge < -0.3 is 14.3 Å². The first-order valence-corrected chi connectivity index (χ1v) is 13.4. The van der Waals surface area contributed by atoms with Crippen LogP contribution in [-0.4, -0.2) is 24.6 Å². The van der Waals surface area contributed by atoms with Crippen LogP contribution in [0.5, 0.6) is 5.75 Å². The van der Waals surface area contributed by atoms with E-state index in [1.807, 2.05) is 18.4 Å². The molecule has 0 saturated carbocycles. The monoisotopic (exact) mass is 517 g/mol. The zero-order valence-corrected chi connectivity index (χ0v) is 21.2. The number of aryl methyl sites for hydroxylation is 1. The van der Waals surface area contributed by atoms with Crippen LogP contribution in [0.15, 0.2) is 64.3 Å². The van der Waals surface area contributed by atoms with Gasteiger partial charge in [0.1, 0.15) is 11.4 Å². The largest absolute Gasteiger partial charge is 0.493 e. The Hall–Kier alpha value is -4.16. The second-order valence-electron chi connectivity index (χ2n) is 8.83. The maximum atomic E-state index is 13.8. The van der Waals surface area contributed by atoms with Crippen LogP contribution in [0.2, 0.25) is 0 Å². The highest BCUT2D eigenvalue weighted by Crippen LogP contribution is 2.37. The van der Waals surface area contributed by atoms with Crippen molar-refractivity contribution in [3.63, 3.8) is 0 Å². The van der Waals surface area contributed by atoms with E-state index in [-0.39, 0.29) is 5.43 Å². The molecule has 0 spiro atoms. The predicted octanol–water partition coefficient (Wildman–Crippen LogP) is 6.03. The molecule has 0 bridgehead atoms. The van der Waals surface area contributed by atoms with Gasteiger partial charge in [0.2, 0.25) is 0 Å². The SMILES string of the molecule is CCCCOc1cc2c(=O)c3c4ccc(C#N)cc4[nH]c3n(CC)c2cc1-c1cccc(S(=O)(=O)F)c1. The van der Waals surface area contributed by atoms with Crippen molar-refractivity contribution in [2.75, 3.05) is 6.61 Å². The highest BCUT2D eigenvalue weighted by molar-refractivity contribution is 7.86. The highest BCUT2D eigenvalue weighted by Gasteiger charge is 2.20. The van der Waals surface area contributed by atoms with Crippen LogP contribution < -0.4 is 10.2 Å². The van der Waals surface area contributed by atoms with Gasteiger partial charge in [-0.1, -0.05) is 31.5 Å². The van der Waals surface area contributed by atoms with Crippen molar-refractivity contribution in [2.45, 2.75) is 38.1 Å². The molecule has 5 aromatic rings. The van der Waals surface area contributed by atoms with Gasteiger partial charge in [-0.05, 0) is 55.3 Å². The first kappa shape index (κ1) is 24.5. The number of ether oxygens (including phenoxy) is 1. The van der Waals surface area contributed by atoms with Crippen LogP contribution in [0.4, 0.5) is 3.89 Å². The van der Waals surface area contributed by atoms with Crippen molar-refractivity contribution in [3.05, 3.63) is 70.4 Å². The number of nitriles is 1. The van der Waals surface area contributed by atoms with E-state index in [4.69, 9.17) is 4.74 Å². The fourth-order valence-corrected chi connectivity index (χ4v) is 5.24. The Morgan fingerprint density at radius 3 is 2.59 bits per heavy atom. The number of H-pyrrole nitrogens is 1. The van der Waals surface area contributed by atoms with Crippen molar-refractivity contribution in [1.29, 1.82) is 5.26 Å². The molecule has 0 saturated heterocycles. The average Bonchev–Trinajstić information content (AvgIpc) is 3.27. The molecule has 2 aromatic heterocycles. The number of halogens is 1. The summed E-state index contributed by atoms with van der Waals surface area (Å²) in [6, 6.07) is 16.4. The molecule has 37 heavy (non-hydrogen) atoms. The molecule has 0 unspecified atom stereocenters. The number of hydrogen-bond donors (Lipinski definition) is 1. The zero-order chi connectivity index (χ0) is 26.3. The molecular weight excluding hydrogens is 493 g/mol. The summed E-state index contributed by atoms with van der Waals surface area (Å²) in [7, 11) is -4.90. The van der Waals surface area contributed by atoms with Crippen molar-refractivity contribution < 1.29 is 17.0 Å². The van der Waals surface area contributed by atoms with Crippen molar-refractivity contribution >= 4 is 43.1 Å². The predicted molar refractivity (Wildman–Crippen MR) is 142 cm³/mol. The second kappa shape index (κ2) is 9.37. The average molecular weight is 518 g/mol. The van der Waals surface area contributed by atoms with Crippen molar-refractivity contribution in [2.24, 2.45) is 0 Å². The molecule has 0 atom stereocenters. The van der Waals surface area contributed by atoms with Gasteiger partial charge in [-0.25, -0.2) is 0 Å². The number of aromatic nitrogens is 2. The van der Waals surface area contributed by atoms with E-state index in [9.17, 15) is 22.4 Å². The summed E-state index contributed by atoms with van der Waals surface area (Å²) < 4.78 is 45.0. The number of nitrogens with zero attached hydrogens (tertiary/aromatic N) is 2. The molecule has 0 amide bonds. The minimum absolute atomic E-state index is 0.183. The number of unbranched alkanes of at least 4 members (excludes halogenated alkanes) is 1. The fourth-order valence-electron chi connectivity index (χ4n) is 4.73. The molecule has 1 N–H and O–H groups in total. The van der Waals surface area contributed by atoms with Gasteiger partial charge in [0.25, 0.3) is 0 Å². The Balaban J connectivity index is 1.86. The minimum Gasteiger partial charge on any atom is -0.493 e. The standard InChI is InChI=1S/C28H24FN3O4S/c1-3-5-11-36-25-15-22-24(14-21(25)18-7-6-8-19(13-18)37(29,34)35)32(4-2)28-26(27(22)33)20-10-9-17(16-30)12-23(20)31-28/h6-10,12-15,31H,3-5,11H2,1-2H3. The molecule has 2 heterocycles. The molecule has 0 fully saturated rings. The quantitative estimate of drug-likeness (QED) is 0.210. The van der Waals surface area contributed by atoms with E-state index in [1.165, 1.54) is 18.2 Å². The van der Waals surface area contributed by atoms with Gasteiger partial charge >= 0.3 is 10.2 Å². The van der Waals surface area contributed by atoms with Crippen LogP contribution in [0.1, 0.15) is 32.3 Å². The van der Waals surface area contributed by atoms with Crippen LogP contribution in [0.25, 0.3) is 44.0 Å².